The zero-order valence-electron chi connectivity index (χ0n) is 12.6. The predicted molar refractivity (Wildman–Crippen MR) is 79.0 cm³/mol. The van der Waals surface area contributed by atoms with E-state index in [1.54, 1.807) is 17.3 Å². The molecular weight excluding hydrogens is 298 g/mol. The molecule has 120 valence electrons. The maximum absolute atomic E-state index is 12.2. The number of likely N-dealkylation sites (tertiary alicyclic amines) is 1. The smallest absolute Gasteiger partial charge is 0.276 e. The number of nitrogens with zero attached hydrogens (tertiary/aromatic N) is 3. The maximum atomic E-state index is 12.2. The van der Waals surface area contributed by atoms with Gasteiger partial charge >= 0.3 is 0 Å². The normalized spacial score (nSPS) is 22.6. The molecule has 0 bridgehead atoms. The van der Waals surface area contributed by atoms with Gasteiger partial charge in [0.2, 0.25) is 0 Å². The quantitative estimate of drug-likeness (QED) is 0.854. The van der Waals surface area contributed by atoms with Crippen molar-refractivity contribution in [3.05, 3.63) is 42.9 Å². The Kier molecular flexibility index (Phi) is 3.49. The van der Waals surface area contributed by atoms with Crippen molar-refractivity contribution in [3.8, 4) is 5.75 Å². The van der Waals surface area contributed by atoms with Crippen LogP contribution in [0.2, 0.25) is 0 Å². The first kappa shape index (κ1) is 14.2. The standard InChI is InChI=1S/C16H17N3O4/c20-15(14-8-21-11-18-14)19-9-16(10-19)6-12(3-5-22-16)23-13-2-1-4-17-7-13/h1-2,4,7-8,11-12H,3,5-6,9-10H2. The van der Waals surface area contributed by atoms with Crippen molar-refractivity contribution in [3.63, 3.8) is 0 Å². The Hall–Kier alpha value is -2.41. The summed E-state index contributed by atoms with van der Waals surface area (Å²) >= 11 is 0. The van der Waals surface area contributed by atoms with Crippen molar-refractivity contribution >= 4 is 5.91 Å². The van der Waals surface area contributed by atoms with Gasteiger partial charge in [0.1, 0.15) is 23.7 Å². The zero-order chi connectivity index (χ0) is 15.7. The monoisotopic (exact) mass is 315 g/mol. The number of ether oxygens (including phenoxy) is 2. The lowest BCUT2D eigenvalue weighted by atomic mass is 9.84. The molecule has 2 aliphatic rings. The second-order valence-electron chi connectivity index (χ2n) is 5.99. The number of hydrogen-bond donors (Lipinski definition) is 0. The number of hydrogen-bond acceptors (Lipinski definition) is 6. The molecule has 2 fully saturated rings. The minimum atomic E-state index is -0.301. The van der Waals surface area contributed by atoms with Gasteiger partial charge in [-0.15, -0.1) is 0 Å². The van der Waals surface area contributed by atoms with Crippen LogP contribution in [0.1, 0.15) is 23.3 Å². The van der Waals surface area contributed by atoms with Gasteiger partial charge in [-0.05, 0) is 12.1 Å². The fourth-order valence-corrected chi connectivity index (χ4v) is 3.19. The minimum absolute atomic E-state index is 0.0808. The van der Waals surface area contributed by atoms with Crippen LogP contribution in [-0.2, 0) is 4.74 Å². The van der Waals surface area contributed by atoms with Crippen molar-refractivity contribution in [1.29, 1.82) is 0 Å². The molecule has 0 saturated carbocycles. The lowest BCUT2D eigenvalue weighted by Crippen LogP contribution is -2.67. The van der Waals surface area contributed by atoms with E-state index in [0.29, 0.717) is 25.4 Å². The van der Waals surface area contributed by atoms with Crippen molar-refractivity contribution in [2.45, 2.75) is 24.5 Å². The van der Waals surface area contributed by atoms with Crippen LogP contribution in [-0.4, -0.2) is 52.2 Å². The molecule has 1 atom stereocenters. The average Bonchev–Trinajstić information content (AvgIpc) is 3.07. The van der Waals surface area contributed by atoms with Gasteiger partial charge in [0, 0.05) is 19.0 Å². The van der Waals surface area contributed by atoms with Crippen LogP contribution in [0.5, 0.6) is 5.75 Å². The Bertz CT molecular complexity index is 668. The van der Waals surface area contributed by atoms with Crippen molar-refractivity contribution < 1.29 is 18.7 Å². The summed E-state index contributed by atoms with van der Waals surface area (Å²) in [6.45, 7) is 1.76. The van der Waals surface area contributed by atoms with Gasteiger partial charge in [-0.25, -0.2) is 4.98 Å². The van der Waals surface area contributed by atoms with Crippen LogP contribution in [0.4, 0.5) is 0 Å². The van der Waals surface area contributed by atoms with Crippen LogP contribution in [0, 0.1) is 0 Å². The molecule has 0 aromatic carbocycles. The molecule has 1 spiro atoms. The summed E-state index contributed by atoms with van der Waals surface area (Å²) in [5, 5.41) is 0. The number of carbonyl (C=O) groups is 1. The molecule has 1 amide bonds. The van der Waals surface area contributed by atoms with Crippen molar-refractivity contribution in [2.75, 3.05) is 19.7 Å². The second-order valence-corrected chi connectivity index (χ2v) is 5.99. The molecule has 4 rings (SSSR count). The Labute approximate surface area is 133 Å². The third-order valence-electron chi connectivity index (χ3n) is 4.28. The fraction of sp³-hybridized carbons (Fsp3) is 0.438. The number of aromatic nitrogens is 2. The van der Waals surface area contributed by atoms with E-state index in [4.69, 9.17) is 13.9 Å². The van der Waals surface area contributed by atoms with Crippen molar-refractivity contribution in [1.82, 2.24) is 14.9 Å². The molecule has 2 aromatic rings. The van der Waals surface area contributed by atoms with Gasteiger partial charge in [-0.1, -0.05) is 0 Å². The zero-order valence-corrected chi connectivity index (χ0v) is 12.6. The summed E-state index contributed by atoms with van der Waals surface area (Å²) in [4.78, 5) is 21.9. The van der Waals surface area contributed by atoms with E-state index in [1.165, 1.54) is 12.7 Å². The van der Waals surface area contributed by atoms with Gasteiger partial charge < -0.3 is 18.8 Å². The van der Waals surface area contributed by atoms with Crippen LogP contribution in [0.25, 0.3) is 0 Å². The fourth-order valence-electron chi connectivity index (χ4n) is 3.19. The number of pyridine rings is 1. The van der Waals surface area contributed by atoms with E-state index in [1.807, 2.05) is 12.1 Å². The van der Waals surface area contributed by atoms with E-state index >= 15 is 0 Å². The van der Waals surface area contributed by atoms with Gasteiger partial charge in [-0.2, -0.15) is 0 Å². The van der Waals surface area contributed by atoms with Crippen molar-refractivity contribution in [2.24, 2.45) is 0 Å². The molecule has 4 heterocycles. The highest BCUT2D eigenvalue weighted by Crippen LogP contribution is 2.36. The van der Waals surface area contributed by atoms with Gasteiger partial charge in [-0.3, -0.25) is 9.78 Å². The molecule has 23 heavy (non-hydrogen) atoms. The average molecular weight is 315 g/mol. The first-order valence-electron chi connectivity index (χ1n) is 7.62. The largest absolute Gasteiger partial charge is 0.489 e. The Morgan fingerprint density at radius 1 is 1.43 bits per heavy atom. The molecule has 0 N–H and O–H groups in total. The topological polar surface area (TPSA) is 77.7 Å². The van der Waals surface area contributed by atoms with Gasteiger partial charge in [0.15, 0.2) is 12.1 Å². The minimum Gasteiger partial charge on any atom is -0.489 e. The molecular formula is C16H17N3O4. The highest BCUT2D eigenvalue weighted by atomic mass is 16.5. The molecule has 1 unspecified atom stereocenters. The van der Waals surface area contributed by atoms with Gasteiger partial charge in [0.05, 0.1) is 25.9 Å². The molecule has 7 heteroatoms. The number of amides is 1. The number of oxazole rings is 1. The van der Waals surface area contributed by atoms with E-state index in [2.05, 4.69) is 9.97 Å². The molecule has 2 aromatic heterocycles. The van der Waals surface area contributed by atoms with E-state index < -0.39 is 0 Å². The first-order valence-corrected chi connectivity index (χ1v) is 7.62. The SMILES string of the molecule is O=C(c1cocn1)N1CC2(CC(Oc3cccnc3)CCO2)C1. The van der Waals surface area contributed by atoms with Gasteiger partial charge in [0.25, 0.3) is 5.91 Å². The summed E-state index contributed by atoms with van der Waals surface area (Å²) < 4.78 is 16.8. The van der Waals surface area contributed by atoms with E-state index in [0.717, 1.165) is 18.6 Å². The molecule has 0 radical (unpaired) electrons. The molecule has 2 saturated heterocycles. The molecule has 7 nitrogen and oxygen atoms in total. The Morgan fingerprint density at radius 2 is 2.35 bits per heavy atom. The van der Waals surface area contributed by atoms with Crippen LogP contribution >= 0.6 is 0 Å². The summed E-state index contributed by atoms with van der Waals surface area (Å²) in [5.41, 5.74) is 0.0312. The van der Waals surface area contributed by atoms with Crippen LogP contribution < -0.4 is 4.74 Å². The first-order chi connectivity index (χ1) is 11.2. The highest BCUT2D eigenvalue weighted by molar-refractivity contribution is 5.92. The molecule has 2 aliphatic heterocycles. The van der Waals surface area contributed by atoms with E-state index in [-0.39, 0.29) is 17.6 Å². The second kappa shape index (κ2) is 5.66. The number of carbonyl (C=O) groups excluding carboxylic acids is 1. The van der Waals surface area contributed by atoms with Crippen LogP contribution in [0.15, 0.2) is 41.6 Å². The predicted octanol–water partition coefficient (Wildman–Crippen LogP) is 1.52. The van der Waals surface area contributed by atoms with E-state index in [9.17, 15) is 4.79 Å². The summed E-state index contributed by atoms with van der Waals surface area (Å²) in [6, 6.07) is 3.75. The summed E-state index contributed by atoms with van der Waals surface area (Å²) in [6.07, 6.45) is 7.75. The van der Waals surface area contributed by atoms with Crippen LogP contribution in [0.3, 0.4) is 0 Å². The summed E-state index contributed by atoms with van der Waals surface area (Å²) in [5.74, 6) is 0.646. The highest BCUT2D eigenvalue weighted by Gasteiger charge is 2.50. The third-order valence-corrected chi connectivity index (χ3v) is 4.28. The number of rotatable bonds is 3. The lowest BCUT2D eigenvalue weighted by Gasteiger charge is -2.52. The Morgan fingerprint density at radius 3 is 3.09 bits per heavy atom. The summed E-state index contributed by atoms with van der Waals surface area (Å²) in [7, 11) is 0. The Balaban J connectivity index is 1.36. The molecule has 0 aliphatic carbocycles. The maximum Gasteiger partial charge on any atom is 0.276 e. The third kappa shape index (κ3) is 2.79. The lowest BCUT2D eigenvalue weighted by molar-refractivity contribution is -0.173.